The molecule has 3 atom stereocenters. The lowest BCUT2D eigenvalue weighted by atomic mass is 9.89. The summed E-state index contributed by atoms with van der Waals surface area (Å²) >= 11 is 6.10. The molecule has 0 bridgehead atoms. The number of aromatic nitrogens is 4. The number of nitrogens with two attached hydrogens (primary N) is 1. The summed E-state index contributed by atoms with van der Waals surface area (Å²) in [7, 11) is 0. The number of aryl methyl sites for hydroxylation is 1. The van der Waals surface area contributed by atoms with Crippen molar-refractivity contribution in [3.8, 4) is 0 Å². The standard InChI is InChI=1S/C16H20F3N7O5S3/c17-16(18,19)3-1-9(28)26(32)10-11(29)24-5-15(13(30)31,6-33-12(10)24)7-34-14-21-22-23-25(14)4-2-8(20)27/h10,12,32H,1-7H2,(H2,20,27)(H,30,31)/t10?,12-,15?/m1/s1. The van der Waals surface area contributed by atoms with E-state index in [0.29, 0.717) is 4.31 Å². The average molecular weight is 544 g/mol. The van der Waals surface area contributed by atoms with Gasteiger partial charge in [-0.2, -0.15) is 13.2 Å². The van der Waals surface area contributed by atoms with Crippen LogP contribution in [0.15, 0.2) is 5.16 Å². The van der Waals surface area contributed by atoms with Gasteiger partial charge in [-0.3, -0.25) is 23.5 Å². The van der Waals surface area contributed by atoms with Crippen molar-refractivity contribution in [2.24, 2.45) is 11.1 Å². The number of carbonyl (C=O) groups excluding carboxylic acids is 3. The molecule has 2 aliphatic rings. The van der Waals surface area contributed by atoms with Crippen molar-refractivity contribution in [2.75, 3.05) is 18.1 Å². The van der Waals surface area contributed by atoms with Gasteiger partial charge in [-0.25, -0.2) is 4.68 Å². The molecule has 0 aromatic carbocycles. The molecule has 1 aromatic rings. The second kappa shape index (κ2) is 10.2. The van der Waals surface area contributed by atoms with Gasteiger partial charge in [0.2, 0.25) is 22.9 Å². The maximum absolute atomic E-state index is 12.7. The topological polar surface area (TPSA) is 165 Å². The summed E-state index contributed by atoms with van der Waals surface area (Å²) < 4.78 is 39.2. The van der Waals surface area contributed by atoms with Gasteiger partial charge in [0.05, 0.1) is 13.0 Å². The number of carboxylic acids is 1. The number of carbonyl (C=O) groups is 4. The van der Waals surface area contributed by atoms with Crippen LogP contribution in [0.4, 0.5) is 13.2 Å². The third kappa shape index (κ3) is 5.70. The van der Waals surface area contributed by atoms with Crippen molar-refractivity contribution >= 4 is 60.0 Å². The van der Waals surface area contributed by atoms with Crippen molar-refractivity contribution in [1.29, 1.82) is 0 Å². The number of amides is 3. The quantitative estimate of drug-likeness (QED) is 0.208. The number of β-lactam (4-membered cyclic amide) rings is 1. The number of primary amides is 1. The number of hydrogen-bond donors (Lipinski definition) is 3. The molecule has 0 aliphatic carbocycles. The fourth-order valence-electron chi connectivity index (χ4n) is 3.35. The molecule has 2 fully saturated rings. The highest BCUT2D eigenvalue weighted by Gasteiger charge is 2.59. The lowest BCUT2D eigenvalue weighted by Crippen LogP contribution is -2.73. The first-order chi connectivity index (χ1) is 15.8. The van der Waals surface area contributed by atoms with Gasteiger partial charge in [0.15, 0.2) is 6.04 Å². The predicted molar refractivity (Wildman–Crippen MR) is 115 cm³/mol. The van der Waals surface area contributed by atoms with Crippen molar-refractivity contribution in [2.45, 2.75) is 48.6 Å². The summed E-state index contributed by atoms with van der Waals surface area (Å²) in [6, 6.07) is -1.07. The predicted octanol–water partition coefficient (Wildman–Crippen LogP) is 0.0112. The van der Waals surface area contributed by atoms with Crippen LogP contribution < -0.4 is 5.73 Å². The Labute approximate surface area is 204 Å². The van der Waals surface area contributed by atoms with Crippen molar-refractivity contribution in [1.82, 2.24) is 29.4 Å². The number of nitrogens with zero attached hydrogens (tertiary/aromatic N) is 6. The number of tetrazole rings is 1. The van der Waals surface area contributed by atoms with Crippen LogP contribution >= 0.6 is 36.3 Å². The summed E-state index contributed by atoms with van der Waals surface area (Å²) in [5.74, 6) is -3.15. The molecule has 18 heteroatoms. The molecule has 2 unspecified atom stereocenters. The van der Waals surface area contributed by atoms with E-state index in [1.807, 2.05) is 0 Å². The highest BCUT2D eigenvalue weighted by atomic mass is 32.2. The van der Waals surface area contributed by atoms with Gasteiger partial charge in [-0.15, -0.1) is 16.9 Å². The maximum Gasteiger partial charge on any atom is 0.389 e. The number of thioether (sulfide) groups is 2. The average Bonchev–Trinajstić information content (AvgIpc) is 3.21. The van der Waals surface area contributed by atoms with Gasteiger partial charge >= 0.3 is 12.1 Å². The zero-order valence-corrected chi connectivity index (χ0v) is 19.9. The molecular weight excluding hydrogens is 523 g/mol. The van der Waals surface area contributed by atoms with E-state index in [9.17, 15) is 37.5 Å². The summed E-state index contributed by atoms with van der Waals surface area (Å²) in [5.41, 5.74) is 3.75. The number of thiol groups is 1. The summed E-state index contributed by atoms with van der Waals surface area (Å²) in [6.07, 6.45) is -6.69. The zero-order chi connectivity index (χ0) is 25.3. The lowest BCUT2D eigenvalue weighted by Gasteiger charge is -2.55. The highest BCUT2D eigenvalue weighted by molar-refractivity contribution is 8.00. The third-order valence-electron chi connectivity index (χ3n) is 5.26. The van der Waals surface area contributed by atoms with Crippen LogP contribution in [-0.2, 0) is 25.7 Å². The highest BCUT2D eigenvalue weighted by Crippen LogP contribution is 2.46. The Balaban J connectivity index is 1.63. The van der Waals surface area contributed by atoms with Crippen LogP contribution in [0.1, 0.15) is 19.3 Å². The smallest absolute Gasteiger partial charge is 0.389 e. The first kappa shape index (κ1) is 26.4. The van der Waals surface area contributed by atoms with E-state index in [-0.39, 0.29) is 36.2 Å². The van der Waals surface area contributed by atoms with Gasteiger partial charge < -0.3 is 15.7 Å². The Morgan fingerprint density at radius 3 is 2.68 bits per heavy atom. The van der Waals surface area contributed by atoms with Crippen LogP contribution in [0.3, 0.4) is 0 Å². The van der Waals surface area contributed by atoms with Gasteiger partial charge in [0, 0.05) is 30.9 Å². The molecule has 3 amide bonds. The number of hydrogen-bond acceptors (Lipinski definition) is 10. The van der Waals surface area contributed by atoms with E-state index in [2.05, 4.69) is 28.3 Å². The Morgan fingerprint density at radius 1 is 1.35 bits per heavy atom. The molecule has 0 spiro atoms. The number of halogens is 3. The Kier molecular flexibility index (Phi) is 7.91. The molecule has 2 saturated heterocycles. The van der Waals surface area contributed by atoms with E-state index in [4.69, 9.17) is 5.73 Å². The summed E-state index contributed by atoms with van der Waals surface area (Å²) in [6.45, 7) is -0.0441. The minimum Gasteiger partial charge on any atom is -0.481 e. The fraction of sp³-hybridized carbons (Fsp3) is 0.688. The number of aliphatic carboxylic acids is 1. The molecule has 2 aliphatic heterocycles. The zero-order valence-electron chi connectivity index (χ0n) is 17.3. The summed E-state index contributed by atoms with van der Waals surface area (Å²) in [4.78, 5) is 49.1. The second-order valence-corrected chi connectivity index (χ2v) is 10.2. The van der Waals surface area contributed by atoms with Gasteiger partial charge in [-0.05, 0) is 10.4 Å². The number of carboxylic acid groups (broad SMARTS) is 1. The van der Waals surface area contributed by atoms with Gasteiger partial charge in [0.1, 0.15) is 10.8 Å². The number of alkyl halides is 3. The fourth-order valence-corrected chi connectivity index (χ4v) is 6.58. The van der Waals surface area contributed by atoms with Crippen LogP contribution in [0.2, 0.25) is 0 Å². The minimum atomic E-state index is -4.52. The number of fused-ring (bicyclic) bond motifs is 1. The van der Waals surface area contributed by atoms with Crippen LogP contribution in [0.25, 0.3) is 0 Å². The Bertz CT molecular complexity index is 980. The molecule has 12 nitrogen and oxygen atoms in total. The Hall–Kier alpha value is -2.21. The van der Waals surface area contributed by atoms with Crippen LogP contribution in [0, 0.1) is 5.41 Å². The molecule has 3 heterocycles. The van der Waals surface area contributed by atoms with Crippen molar-refractivity contribution in [3.63, 3.8) is 0 Å². The molecule has 0 saturated carbocycles. The molecule has 34 heavy (non-hydrogen) atoms. The Morgan fingerprint density at radius 2 is 2.06 bits per heavy atom. The van der Waals surface area contributed by atoms with E-state index < -0.39 is 59.5 Å². The lowest BCUT2D eigenvalue weighted by molar-refractivity contribution is -0.162. The second-order valence-electron chi connectivity index (χ2n) is 7.74. The first-order valence-electron chi connectivity index (χ1n) is 9.75. The van der Waals surface area contributed by atoms with Gasteiger partial charge in [-0.1, -0.05) is 24.6 Å². The minimum absolute atomic E-state index is 0.00253. The molecule has 1 aromatic heterocycles. The molecule has 3 N–H and O–H groups in total. The van der Waals surface area contributed by atoms with E-state index in [1.165, 1.54) is 9.58 Å². The normalized spacial score (nSPS) is 24.4. The SMILES string of the molecule is NC(=O)CCn1nnnc1SCC1(C(=O)O)CS[C@@H]2C(N(S)C(=O)CCC(F)(F)F)C(=O)N2C1. The van der Waals surface area contributed by atoms with Crippen LogP contribution in [-0.4, -0.2) is 93.9 Å². The van der Waals surface area contributed by atoms with Crippen LogP contribution in [0.5, 0.6) is 0 Å². The molecule has 0 radical (unpaired) electrons. The van der Waals surface area contributed by atoms with Gasteiger partial charge in [0.25, 0.3) is 0 Å². The molecular formula is C16H20F3N7O5S3. The maximum atomic E-state index is 12.7. The molecule has 188 valence electrons. The first-order valence-corrected chi connectivity index (χ1v) is 12.2. The monoisotopic (exact) mass is 543 g/mol. The summed E-state index contributed by atoms with van der Waals surface area (Å²) in [5, 5.41) is 20.7. The number of rotatable bonds is 10. The molecule has 3 rings (SSSR count). The van der Waals surface area contributed by atoms with Crippen molar-refractivity contribution < 1.29 is 37.5 Å². The van der Waals surface area contributed by atoms with E-state index in [0.717, 1.165) is 23.5 Å². The third-order valence-corrected chi connectivity index (χ3v) is 8.55. The van der Waals surface area contributed by atoms with E-state index in [1.54, 1.807) is 0 Å². The van der Waals surface area contributed by atoms with E-state index >= 15 is 0 Å². The van der Waals surface area contributed by atoms with Crippen molar-refractivity contribution in [3.05, 3.63) is 0 Å². The largest absolute Gasteiger partial charge is 0.481 e.